The summed E-state index contributed by atoms with van der Waals surface area (Å²) in [4.78, 5) is 11.5. The molecule has 1 aliphatic rings. The van der Waals surface area contributed by atoms with Gasteiger partial charge in [-0.3, -0.25) is 14.9 Å². The number of benzene rings is 2. The minimum atomic E-state index is 0.434. The van der Waals surface area contributed by atoms with Crippen LogP contribution >= 0.6 is 0 Å². The molecule has 1 atom stereocenters. The summed E-state index contributed by atoms with van der Waals surface area (Å²) >= 11 is 0. The fraction of sp³-hybridized carbons (Fsp3) is 0.286. The first-order chi connectivity index (χ1) is 16.3. The quantitative estimate of drug-likeness (QED) is 0.410. The predicted molar refractivity (Wildman–Crippen MR) is 130 cm³/mol. The maximum atomic E-state index is 5.98. The average Bonchev–Trinajstić information content (AvgIpc) is 3.08. The SMILES string of the molecule is c1ccc(COc2cccc(CN3CCOCC(Cc4cccc5cccnc45)C3)c2)nc1. The highest BCUT2D eigenvalue weighted by atomic mass is 16.5. The molecule has 1 fully saturated rings. The van der Waals surface area contributed by atoms with Gasteiger partial charge in [-0.2, -0.15) is 0 Å². The molecule has 2 aromatic heterocycles. The molecule has 168 valence electrons. The van der Waals surface area contributed by atoms with Gasteiger partial charge in [0.15, 0.2) is 0 Å². The molecule has 0 N–H and O–H groups in total. The van der Waals surface area contributed by atoms with E-state index in [1.54, 1.807) is 6.20 Å². The van der Waals surface area contributed by atoms with Crippen molar-refractivity contribution in [1.29, 1.82) is 0 Å². The lowest BCUT2D eigenvalue weighted by molar-refractivity contribution is 0.122. The van der Waals surface area contributed by atoms with E-state index in [4.69, 9.17) is 9.47 Å². The third-order valence-electron chi connectivity index (χ3n) is 6.06. The van der Waals surface area contributed by atoms with E-state index in [0.717, 1.165) is 56.2 Å². The van der Waals surface area contributed by atoms with Crippen LogP contribution in [0.15, 0.2) is 85.2 Å². The molecule has 1 unspecified atom stereocenters. The summed E-state index contributed by atoms with van der Waals surface area (Å²) in [5, 5.41) is 1.20. The maximum absolute atomic E-state index is 5.98. The summed E-state index contributed by atoms with van der Waals surface area (Å²) in [6.45, 7) is 4.84. The van der Waals surface area contributed by atoms with E-state index in [9.17, 15) is 0 Å². The van der Waals surface area contributed by atoms with E-state index in [-0.39, 0.29) is 0 Å². The van der Waals surface area contributed by atoms with Crippen molar-refractivity contribution in [2.24, 2.45) is 5.92 Å². The van der Waals surface area contributed by atoms with Crippen molar-refractivity contribution in [3.05, 3.63) is 102 Å². The maximum Gasteiger partial charge on any atom is 0.130 e. The molecule has 5 nitrogen and oxygen atoms in total. The molecule has 0 aliphatic carbocycles. The number of rotatable bonds is 7. The van der Waals surface area contributed by atoms with Crippen molar-refractivity contribution in [2.45, 2.75) is 19.6 Å². The standard InChI is InChI=1S/C28H29N3O2/c1-2-12-29-26(10-1)21-33-27-11-3-6-22(17-27)18-31-14-15-32-20-23(19-31)16-25-8-4-7-24-9-5-13-30-28(24)25/h1-13,17,23H,14-16,18-21H2. The molecule has 0 spiro atoms. The Hall–Kier alpha value is -3.28. The molecule has 2 aromatic carbocycles. The van der Waals surface area contributed by atoms with Crippen LogP contribution in [0.5, 0.6) is 5.75 Å². The molecule has 0 radical (unpaired) electrons. The average molecular weight is 440 g/mol. The van der Waals surface area contributed by atoms with Gasteiger partial charge in [0.1, 0.15) is 12.4 Å². The van der Waals surface area contributed by atoms with E-state index in [1.807, 2.05) is 36.5 Å². The van der Waals surface area contributed by atoms with Crippen LogP contribution in [-0.2, 0) is 24.3 Å². The van der Waals surface area contributed by atoms with Crippen LogP contribution in [0, 0.1) is 5.92 Å². The lowest BCUT2D eigenvalue weighted by Crippen LogP contribution is -2.30. The van der Waals surface area contributed by atoms with Crippen LogP contribution in [0.25, 0.3) is 10.9 Å². The molecule has 1 aliphatic heterocycles. The Morgan fingerprint density at radius 2 is 1.85 bits per heavy atom. The molecule has 1 saturated heterocycles. The summed E-state index contributed by atoms with van der Waals surface area (Å²) in [7, 11) is 0. The topological polar surface area (TPSA) is 47.5 Å². The zero-order valence-electron chi connectivity index (χ0n) is 18.8. The highest BCUT2D eigenvalue weighted by molar-refractivity contribution is 5.81. The minimum absolute atomic E-state index is 0.434. The normalized spacial score (nSPS) is 17.0. The first-order valence-corrected chi connectivity index (χ1v) is 11.6. The molecule has 4 aromatic rings. The highest BCUT2D eigenvalue weighted by Gasteiger charge is 2.20. The molecule has 5 heteroatoms. The Morgan fingerprint density at radius 1 is 0.939 bits per heavy atom. The smallest absolute Gasteiger partial charge is 0.130 e. The molecule has 0 saturated carbocycles. The van der Waals surface area contributed by atoms with Crippen LogP contribution in [0.4, 0.5) is 0 Å². The van der Waals surface area contributed by atoms with Crippen LogP contribution in [0.3, 0.4) is 0 Å². The number of fused-ring (bicyclic) bond motifs is 1. The second kappa shape index (κ2) is 10.6. The van der Waals surface area contributed by atoms with Gasteiger partial charge in [0.05, 0.1) is 24.4 Å². The summed E-state index contributed by atoms with van der Waals surface area (Å²) in [5.41, 5.74) is 4.58. The fourth-order valence-electron chi connectivity index (χ4n) is 4.50. The molecule has 33 heavy (non-hydrogen) atoms. The minimum Gasteiger partial charge on any atom is -0.487 e. The second-order valence-corrected chi connectivity index (χ2v) is 8.63. The molecule has 0 amide bonds. The van der Waals surface area contributed by atoms with Gasteiger partial charge >= 0.3 is 0 Å². The van der Waals surface area contributed by atoms with Crippen LogP contribution in [-0.4, -0.2) is 41.2 Å². The van der Waals surface area contributed by atoms with Crippen molar-refractivity contribution < 1.29 is 9.47 Å². The van der Waals surface area contributed by atoms with Crippen LogP contribution in [0.1, 0.15) is 16.8 Å². The first-order valence-electron chi connectivity index (χ1n) is 11.6. The van der Waals surface area contributed by atoms with Gasteiger partial charge in [-0.05, 0) is 53.8 Å². The number of pyridine rings is 2. The lowest BCUT2D eigenvalue weighted by atomic mass is 9.97. The molecule has 3 heterocycles. The lowest BCUT2D eigenvalue weighted by Gasteiger charge is -2.24. The van der Waals surface area contributed by atoms with E-state index in [0.29, 0.717) is 12.5 Å². The number of nitrogens with zero attached hydrogens (tertiary/aromatic N) is 3. The number of para-hydroxylation sites is 1. The number of hydrogen-bond donors (Lipinski definition) is 0. The van der Waals surface area contributed by atoms with E-state index >= 15 is 0 Å². The number of hydrogen-bond acceptors (Lipinski definition) is 5. The van der Waals surface area contributed by atoms with Gasteiger partial charge in [0.25, 0.3) is 0 Å². The van der Waals surface area contributed by atoms with Gasteiger partial charge in [-0.15, -0.1) is 0 Å². The Kier molecular flexibility index (Phi) is 6.90. The predicted octanol–water partition coefficient (Wildman–Crippen LogP) is 4.90. The van der Waals surface area contributed by atoms with Gasteiger partial charge in [-0.1, -0.05) is 42.5 Å². The van der Waals surface area contributed by atoms with Gasteiger partial charge in [0.2, 0.25) is 0 Å². The third kappa shape index (κ3) is 5.75. The van der Waals surface area contributed by atoms with Crippen molar-refractivity contribution in [2.75, 3.05) is 26.3 Å². The van der Waals surface area contributed by atoms with E-state index in [1.165, 1.54) is 16.5 Å². The first kappa shape index (κ1) is 21.6. The largest absolute Gasteiger partial charge is 0.487 e. The summed E-state index contributed by atoms with van der Waals surface area (Å²) in [6.07, 6.45) is 4.64. The molecular formula is C28H29N3O2. The number of ether oxygens (including phenoxy) is 2. The van der Waals surface area contributed by atoms with Crippen molar-refractivity contribution in [3.8, 4) is 5.75 Å². The molecule has 0 bridgehead atoms. The Morgan fingerprint density at radius 3 is 2.79 bits per heavy atom. The summed E-state index contributed by atoms with van der Waals surface area (Å²) in [6, 6.07) is 24.8. The Bertz CT molecular complexity index is 1180. The zero-order chi connectivity index (χ0) is 22.3. The molecule has 5 rings (SSSR count). The van der Waals surface area contributed by atoms with Crippen molar-refractivity contribution >= 4 is 10.9 Å². The number of aromatic nitrogens is 2. The van der Waals surface area contributed by atoms with Gasteiger partial charge in [-0.25, -0.2) is 0 Å². The second-order valence-electron chi connectivity index (χ2n) is 8.63. The van der Waals surface area contributed by atoms with Gasteiger partial charge < -0.3 is 9.47 Å². The van der Waals surface area contributed by atoms with Crippen molar-refractivity contribution in [3.63, 3.8) is 0 Å². The van der Waals surface area contributed by atoms with E-state index in [2.05, 4.69) is 57.3 Å². The third-order valence-corrected chi connectivity index (χ3v) is 6.06. The molecular weight excluding hydrogens is 410 g/mol. The fourth-order valence-corrected chi connectivity index (χ4v) is 4.50. The van der Waals surface area contributed by atoms with Crippen molar-refractivity contribution in [1.82, 2.24) is 14.9 Å². The Labute approximate surface area is 195 Å². The zero-order valence-corrected chi connectivity index (χ0v) is 18.8. The van der Waals surface area contributed by atoms with Crippen LogP contribution in [0.2, 0.25) is 0 Å². The highest BCUT2D eigenvalue weighted by Crippen LogP contribution is 2.22. The summed E-state index contributed by atoms with van der Waals surface area (Å²) in [5.74, 6) is 1.31. The monoisotopic (exact) mass is 439 g/mol. The van der Waals surface area contributed by atoms with Gasteiger partial charge in [0, 0.05) is 37.4 Å². The Balaban J connectivity index is 1.23. The summed E-state index contributed by atoms with van der Waals surface area (Å²) < 4.78 is 12.0. The van der Waals surface area contributed by atoms with Crippen LogP contribution < -0.4 is 4.74 Å². The van der Waals surface area contributed by atoms with E-state index < -0.39 is 0 Å².